The highest BCUT2D eigenvalue weighted by molar-refractivity contribution is 7.07. The van der Waals surface area contributed by atoms with Crippen LogP contribution in [0.15, 0.2) is 69.5 Å². The van der Waals surface area contributed by atoms with Crippen molar-refractivity contribution in [3.63, 3.8) is 0 Å². The second-order valence-corrected chi connectivity index (χ2v) is 7.58. The lowest BCUT2D eigenvalue weighted by molar-refractivity contribution is 0.408. The Morgan fingerprint density at radius 1 is 1.04 bits per heavy atom. The Balaban J connectivity index is 1.79. The lowest BCUT2D eigenvalue weighted by Gasteiger charge is -2.05. The first kappa shape index (κ1) is 18.5. The fraction of sp³-hybridized carbons (Fsp3) is 0.0909. The number of hydrogen-bond donors (Lipinski definition) is 0. The van der Waals surface area contributed by atoms with Crippen LogP contribution >= 0.6 is 22.9 Å². The van der Waals surface area contributed by atoms with E-state index in [2.05, 4.69) is 22.0 Å². The molecule has 0 unspecified atom stereocenters. The van der Waals surface area contributed by atoms with Gasteiger partial charge in [0.2, 0.25) is 0 Å². The summed E-state index contributed by atoms with van der Waals surface area (Å²) in [4.78, 5) is 5.67. The first-order valence-electron chi connectivity index (χ1n) is 8.79. The van der Waals surface area contributed by atoms with Crippen molar-refractivity contribution < 1.29 is 4.52 Å². The Morgan fingerprint density at radius 3 is 2.54 bits per heavy atom. The maximum absolute atomic E-state index is 5.96. The molecule has 0 saturated carbocycles. The standard InChI is InChI=1S/C22H18ClN3OS/c1-15-14-28-22(24-19-6-4-3-5-7-19)26(15)21-16(2)25-27-20(21)13-10-17-8-11-18(23)12-9-17/h3-14H,1-2H3/b13-10+,24-22?. The molecule has 2 aromatic carbocycles. The summed E-state index contributed by atoms with van der Waals surface area (Å²) in [6, 6.07) is 17.6. The molecule has 6 heteroatoms. The van der Waals surface area contributed by atoms with Crippen LogP contribution in [0.25, 0.3) is 17.8 Å². The summed E-state index contributed by atoms with van der Waals surface area (Å²) in [5.74, 6) is 0.684. The smallest absolute Gasteiger partial charge is 0.194 e. The molecule has 4 rings (SSSR count). The van der Waals surface area contributed by atoms with E-state index >= 15 is 0 Å². The first-order chi connectivity index (χ1) is 13.6. The van der Waals surface area contributed by atoms with E-state index in [4.69, 9.17) is 21.1 Å². The molecular weight excluding hydrogens is 390 g/mol. The molecule has 2 aromatic heterocycles. The molecule has 140 valence electrons. The Kier molecular flexibility index (Phi) is 5.28. The molecule has 0 fully saturated rings. The Morgan fingerprint density at radius 2 is 1.79 bits per heavy atom. The fourth-order valence-corrected chi connectivity index (χ4v) is 3.87. The van der Waals surface area contributed by atoms with Crippen LogP contribution in [0.1, 0.15) is 22.7 Å². The summed E-state index contributed by atoms with van der Waals surface area (Å²) in [5, 5.41) is 6.98. The molecule has 0 aliphatic rings. The van der Waals surface area contributed by atoms with E-state index in [9.17, 15) is 0 Å². The Labute approximate surface area is 172 Å². The molecule has 28 heavy (non-hydrogen) atoms. The molecular formula is C22H18ClN3OS. The molecule has 0 saturated heterocycles. The van der Waals surface area contributed by atoms with Crippen molar-refractivity contribution in [2.45, 2.75) is 13.8 Å². The summed E-state index contributed by atoms with van der Waals surface area (Å²) in [7, 11) is 0. The number of nitrogens with zero attached hydrogens (tertiary/aromatic N) is 3. The molecule has 2 heterocycles. The quantitative estimate of drug-likeness (QED) is 0.404. The molecule has 0 atom stereocenters. The largest absolute Gasteiger partial charge is 0.354 e. The van der Waals surface area contributed by atoms with Gasteiger partial charge in [0, 0.05) is 16.1 Å². The normalized spacial score (nSPS) is 12.2. The minimum absolute atomic E-state index is 0.684. The van der Waals surface area contributed by atoms with Gasteiger partial charge in [-0.1, -0.05) is 53.2 Å². The van der Waals surface area contributed by atoms with E-state index in [1.54, 1.807) is 11.3 Å². The van der Waals surface area contributed by atoms with E-state index in [1.807, 2.05) is 73.7 Å². The zero-order chi connectivity index (χ0) is 19.5. The zero-order valence-corrected chi connectivity index (χ0v) is 17.0. The summed E-state index contributed by atoms with van der Waals surface area (Å²) < 4.78 is 7.69. The van der Waals surface area contributed by atoms with Crippen molar-refractivity contribution in [2.24, 2.45) is 4.99 Å². The predicted octanol–water partition coefficient (Wildman–Crippen LogP) is 6.20. The van der Waals surface area contributed by atoms with Crippen LogP contribution in [0.2, 0.25) is 5.02 Å². The van der Waals surface area contributed by atoms with Gasteiger partial charge in [-0.25, -0.2) is 4.99 Å². The summed E-state index contributed by atoms with van der Waals surface area (Å²) in [5.41, 5.74) is 4.73. The van der Waals surface area contributed by atoms with Crippen molar-refractivity contribution in [3.8, 4) is 5.69 Å². The van der Waals surface area contributed by atoms with Crippen LogP contribution in [0.4, 0.5) is 5.69 Å². The van der Waals surface area contributed by atoms with Crippen LogP contribution in [0.3, 0.4) is 0 Å². The van der Waals surface area contributed by atoms with Crippen molar-refractivity contribution in [1.29, 1.82) is 0 Å². The number of benzene rings is 2. The highest BCUT2D eigenvalue weighted by atomic mass is 35.5. The van der Waals surface area contributed by atoms with Gasteiger partial charge in [0.15, 0.2) is 10.6 Å². The monoisotopic (exact) mass is 407 g/mol. The van der Waals surface area contributed by atoms with Crippen molar-refractivity contribution >= 4 is 40.8 Å². The van der Waals surface area contributed by atoms with Gasteiger partial charge < -0.3 is 4.52 Å². The predicted molar refractivity (Wildman–Crippen MR) is 115 cm³/mol. The lowest BCUT2D eigenvalue weighted by atomic mass is 10.2. The number of hydrogen-bond acceptors (Lipinski definition) is 4. The second-order valence-electron chi connectivity index (χ2n) is 6.31. The van der Waals surface area contributed by atoms with Gasteiger partial charge in [-0.3, -0.25) is 4.57 Å². The molecule has 0 aliphatic heterocycles. The molecule has 4 nitrogen and oxygen atoms in total. The highest BCUT2D eigenvalue weighted by Gasteiger charge is 2.16. The van der Waals surface area contributed by atoms with Crippen molar-refractivity contribution in [1.82, 2.24) is 9.72 Å². The van der Waals surface area contributed by atoms with E-state index in [1.165, 1.54) is 0 Å². The average molecular weight is 408 g/mol. The van der Waals surface area contributed by atoms with Gasteiger partial charge >= 0.3 is 0 Å². The van der Waals surface area contributed by atoms with Gasteiger partial charge in [0.05, 0.1) is 5.69 Å². The number of thiazole rings is 1. The summed E-state index contributed by atoms with van der Waals surface area (Å²) >= 11 is 7.55. The summed E-state index contributed by atoms with van der Waals surface area (Å²) in [6.45, 7) is 3.99. The van der Waals surface area contributed by atoms with Crippen LogP contribution in [0, 0.1) is 13.8 Å². The van der Waals surface area contributed by atoms with Crippen molar-refractivity contribution in [3.05, 3.63) is 92.5 Å². The number of aryl methyl sites for hydroxylation is 2. The topological polar surface area (TPSA) is 43.3 Å². The molecule has 0 bridgehead atoms. The van der Waals surface area contributed by atoms with E-state index < -0.39 is 0 Å². The number of aromatic nitrogens is 2. The molecule has 0 radical (unpaired) electrons. The van der Waals surface area contributed by atoms with Gasteiger partial charge in [0.25, 0.3) is 0 Å². The number of para-hydroxylation sites is 1. The summed E-state index contributed by atoms with van der Waals surface area (Å²) in [6.07, 6.45) is 3.91. The van der Waals surface area contributed by atoms with Crippen LogP contribution < -0.4 is 4.80 Å². The van der Waals surface area contributed by atoms with Gasteiger partial charge in [-0.15, -0.1) is 11.3 Å². The van der Waals surface area contributed by atoms with Gasteiger partial charge in [-0.2, -0.15) is 0 Å². The number of rotatable bonds is 4. The lowest BCUT2D eigenvalue weighted by Crippen LogP contribution is -2.15. The maximum atomic E-state index is 5.96. The van der Waals surface area contributed by atoms with E-state index in [0.717, 1.165) is 33.1 Å². The van der Waals surface area contributed by atoms with Crippen LogP contribution in [0.5, 0.6) is 0 Å². The van der Waals surface area contributed by atoms with E-state index in [0.29, 0.717) is 10.8 Å². The number of halogens is 1. The molecule has 0 N–H and O–H groups in total. The third-order valence-electron chi connectivity index (χ3n) is 4.24. The Hall–Kier alpha value is -2.89. The third-order valence-corrected chi connectivity index (χ3v) is 5.43. The molecule has 0 spiro atoms. The fourth-order valence-electron chi connectivity index (χ4n) is 2.87. The minimum atomic E-state index is 0.684. The Bertz CT molecular complexity index is 1180. The average Bonchev–Trinajstić information content (AvgIpc) is 3.24. The van der Waals surface area contributed by atoms with Crippen LogP contribution in [-0.2, 0) is 0 Å². The minimum Gasteiger partial charge on any atom is -0.354 e. The van der Waals surface area contributed by atoms with Crippen LogP contribution in [-0.4, -0.2) is 9.72 Å². The second kappa shape index (κ2) is 8.00. The first-order valence-corrected chi connectivity index (χ1v) is 10.0. The van der Waals surface area contributed by atoms with E-state index in [-0.39, 0.29) is 0 Å². The van der Waals surface area contributed by atoms with Gasteiger partial charge in [0.1, 0.15) is 11.4 Å². The highest BCUT2D eigenvalue weighted by Crippen LogP contribution is 2.23. The zero-order valence-electron chi connectivity index (χ0n) is 15.5. The SMILES string of the molecule is Cc1noc(/C=C/c2ccc(Cl)cc2)c1-n1c(C)csc1=Nc1ccccc1. The maximum Gasteiger partial charge on any atom is 0.194 e. The molecule has 0 amide bonds. The van der Waals surface area contributed by atoms with Gasteiger partial charge in [-0.05, 0) is 49.8 Å². The van der Waals surface area contributed by atoms with Crippen molar-refractivity contribution in [2.75, 3.05) is 0 Å². The molecule has 4 aromatic rings. The molecule has 0 aliphatic carbocycles. The third kappa shape index (κ3) is 3.86.